The second-order valence-corrected chi connectivity index (χ2v) is 23.2. The van der Waals surface area contributed by atoms with Crippen LogP contribution in [-0.2, 0) is 48.0 Å². The van der Waals surface area contributed by atoms with Crippen LogP contribution in [0.2, 0.25) is 0 Å². The third-order valence-corrected chi connectivity index (χ3v) is 14.4. The van der Waals surface area contributed by atoms with Crippen LogP contribution in [0.1, 0.15) is 72.9 Å². The normalized spacial score (nSPS) is 12.3. The first-order valence-electron chi connectivity index (χ1n) is 25.8. The average Bonchev–Trinajstić information content (AvgIpc) is 3.50. The molecule has 436 valence electrons. The molecule has 0 amide bonds. The fraction of sp³-hybridized carbons (Fsp3) is 0.339. The van der Waals surface area contributed by atoms with Gasteiger partial charge < -0.3 is 23.7 Å². The van der Waals surface area contributed by atoms with Gasteiger partial charge in [-0.25, -0.2) is 0 Å². The zero-order chi connectivity index (χ0) is 59.6. The quantitative estimate of drug-likeness (QED) is 0.0214. The molecule has 0 saturated heterocycles. The van der Waals surface area contributed by atoms with Crippen LogP contribution >= 0.6 is 0 Å². The van der Waals surface area contributed by atoms with Crippen molar-refractivity contribution in [2.45, 2.75) is 85.0 Å². The molecule has 0 saturated carbocycles. The highest BCUT2D eigenvalue weighted by Crippen LogP contribution is 2.41. The number of hydrogen-bond acceptors (Lipinski definition) is 20. The summed E-state index contributed by atoms with van der Waals surface area (Å²) in [6.07, 6.45) is 1.03. The van der Waals surface area contributed by atoms with Gasteiger partial charge in [0.2, 0.25) is 0 Å². The fourth-order valence-electron chi connectivity index (χ4n) is 7.76. The van der Waals surface area contributed by atoms with Crippen molar-refractivity contribution in [3.05, 3.63) is 130 Å². The molecular weight excluding hydrogens is 1120 g/mol. The van der Waals surface area contributed by atoms with Crippen LogP contribution in [0.15, 0.2) is 143 Å². The first-order chi connectivity index (χ1) is 38.9. The predicted molar refractivity (Wildman–Crippen MR) is 308 cm³/mol. The third-order valence-electron chi connectivity index (χ3n) is 11.9. The van der Waals surface area contributed by atoms with Gasteiger partial charge >= 0.3 is 0 Å². The van der Waals surface area contributed by atoms with E-state index in [4.69, 9.17) is 23.7 Å². The molecular formula is C56H64N8O15S3. The Morgan fingerprint density at radius 3 is 1.27 bits per heavy atom. The highest BCUT2D eigenvalue weighted by molar-refractivity contribution is 7.86. The lowest BCUT2D eigenvalue weighted by atomic mass is 9.98. The lowest BCUT2D eigenvalue weighted by molar-refractivity contribution is -0.117. The van der Waals surface area contributed by atoms with Crippen LogP contribution in [0.3, 0.4) is 0 Å². The topological polar surface area (TPSA) is 325 Å². The molecule has 6 aromatic rings. The van der Waals surface area contributed by atoms with Crippen LogP contribution < -0.4 is 23.7 Å². The van der Waals surface area contributed by atoms with Crippen molar-refractivity contribution < 1.29 is 67.4 Å². The van der Waals surface area contributed by atoms with E-state index in [-0.39, 0.29) is 67.6 Å². The van der Waals surface area contributed by atoms with Gasteiger partial charge in [-0.15, -0.1) is 15.3 Å². The Morgan fingerprint density at radius 2 is 0.829 bits per heavy atom. The van der Waals surface area contributed by atoms with Crippen LogP contribution in [0.4, 0.5) is 45.5 Å². The summed E-state index contributed by atoms with van der Waals surface area (Å²) in [4.78, 5) is 13.8. The Morgan fingerprint density at radius 1 is 0.451 bits per heavy atom. The van der Waals surface area contributed by atoms with Gasteiger partial charge in [-0.2, -0.15) is 50.8 Å². The highest BCUT2D eigenvalue weighted by Gasteiger charge is 2.20. The largest absolute Gasteiger partial charge is 0.497 e. The number of Topliss-reactive ketones (excluding diaryl/α,β-unsaturated/α-hetero) is 1. The Labute approximate surface area is 476 Å². The molecule has 0 fully saturated rings. The van der Waals surface area contributed by atoms with Crippen LogP contribution in [0.25, 0.3) is 0 Å². The summed E-state index contributed by atoms with van der Waals surface area (Å²) >= 11 is 0. The number of rotatable bonds is 30. The second kappa shape index (κ2) is 29.2. The minimum atomic E-state index is -4.56. The molecule has 6 aromatic carbocycles. The molecule has 26 heteroatoms. The molecule has 0 aliphatic heterocycles. The number of hydrogen-bond donors (Lipinski definition) is 3. The molecule has 0 unspecified atom stereocenters. The number of carbonyl (C=O) groups excluding carboxylic acids is 1. The number of methoxy groups -OCH3 is 1. The van der Waals surface area contributed by atoms with Crippen molar-refractivity contribution in [2.75, 3.05) is 45.0 Å². The van der Waals surface area contributed by atoms with E-state index in [0.717, 1.165) is 0 Å². The number of benzene rings is 6. The number of ether oxygens (including phenoxy) is 5. The van der Waals surface area contributed by atoms with Crippen molar-refractivity contribution in [3.63, 3.8) is 0 Å². The molecule has 0 aliphatic carbocycles. The monoisotopic (exact) mass is 1180 g/mol. The highest BCUT2D eigenvalue weighted by atomic mass is 32.2. The Bertz CT molecular complexity index is 3720. The molecule has 0 spiro atoms. The average molecular weight is 1190 g/mol. The smallest absolute Gasteiger partial charge is 0.296 e. The number of aryl methyl sites for hydroxylation is 4. The van der Waals surface area contributed by atoms with Crippen molar-refractivity contribution in [1.82, 2.24) is 0 Å². The summed E-state index contributed by atoms with van der Waals surface area (Å²) in [5, 5.41) is 35.2. The third kappa shape index (κ3) is 19.4. The molecule has 0 radical (unpaired) electrons. The lowest BCUT2D eigenvalue weighted by Gasteiger charge is -2.16. The van der Waals surface area contributed by atoms with Crippen molar-refractivity contribution in [1.29, 1.82) is 0 Å². The standard InChI is InChI=1S/C56H64N8O15S3/c1-8-20-76-52-32-46(61-63-50-29-39(6)49(35-54(50)77-21-9-2)60-58-45-14-10-11-15-56(45)82(72,73)74)36(3)26-40(52)30-43(65)31-41-27-37(4)47(33-53(41)78-22-12-24-80(66,67)68)62-64-51-28-38(5)48(34-55(51)79-23-13-25-81(69,70)71)59-57-42-16-18-44(75-7)19-17-42/h10-11,14-19,26-29,32-35H,8-9,12-13,20-25,30-31H2,1-7H3,(H,66,67,68)(H,69,70,71)(H,72,73,74). The van der Waals surface area contributed by atoms with E-state index in [1.54, 1.807) is 107 Å². The van der Waals surface area contributed by atoms with Gasteiger partial charge in [0.15, 0.2) is 0 Å². The van der Waals surface area contributed by atoms with E-state index in [2.05, 4.69) is 40.9 Å². The van der Waals surface area contributed by atoms with Gasteiger partial charge in [0.05, 0.1) is 73.5 Å². The number of carbonyl (C=O) groups is 1. The van der Waals surface area contributed by atoms with E-state index in [1.165, 1.54) is 18.2 Å². The Kier molecular flexibility index (Phi) is 22.5. The summed E-state index contributed by atoms with van der Waals surface area (Å²) in [5.41, 5.74) is 6.21. The van der Waals surface area contributed by atoms with Crippen LogP contribution in [0.5, 0.6) is 28.7 Å². The van der Waals surface area contributed by atoms with Crippen molar-refractivity contribution >= 4 is 81.6 Å². The van der Waals surface area contributed by atoms with Crippen LogP contribution in [0, 0.1) is 27.7 Å². The van der Waals surface area contributed by atoms with Crippen LogP contribution in [-0.4, -0.2) is 89.7 Å². The first kappa shape index (κ1) is 63.3. The van der Waals surface area contributed by atoms with Gasteiger partial charge in [0.25, 0.3) is 30.4 Å². The lowest BCUT2D eigenvalue weighted by Crippen LogP contribution is -2.12. The molecule has 0 heterocycles. The van der Waals surface area contributed by atoms with Crippen molar-refractivity contribution in [3.8, 4) is 28.7 Å². The zero-order valence-electron chi connectivity index (χ0n) is 46.3. The maximum Gasteiger partial charge on any atom is 0.296 e. The fourth-order valence-corrected chi connectivity index (χ4v) is 9.35. The molecule has 82 heavy (non-hydrogen) atoms. The van der Waals surface area contributed by atoms with E-state index in [9.17, 15) is 43.7 Å². The molecule has 3 N–H and O–H groups in total. The number of ketones is 1. The summed E-state index contributed by atoms with van der Waals surface area (Å²) in [7, 11) is -11.6. The van der Waals surface area contributed by atoms with Gasteiger partial charge in [-0.05, 0) is 136 Å². The zero-order valence-corrected chi connectivity index (χ0v) is 48.7. The SMILES string of the molecule is CCCOc1cc(N=Nc2cc(C)c(N=Nc3ccccc3S(=O)(=O)O)cc2OCCC)c(C)cc1CC(=O)Cc1cc(C)c(N=Nc2cc(C)c(N=Nc3ccc(OC)cc3)cc2OCCCS(=O)(=O)O)cc1OCCCS(=O)(=O)O. The van der Waals surface area contributed by atoms with E-state index in [0.29, 0.717) is 111 Å². The first-order valence-corrected chi connectivity index (χ1v) is 30.5. The van der Waals surface area contributed by atoms with E-state index < -0.39 is 46.8 Å². The predicted octanol–water partition coefficient (Wildman–Crippen LogP) is 14.1. The van der Waals surface area contributed by atoms with E-state index in [1.807, 2.05) is 20.8 Å². The summed E-state index contributed by atoms with van der Waals surface area (Å²) in [6.45, 7) is 11.4. The van der Waals surface area contributed by atoms with E-state index >= 15 is 0 Å². The molecule has 6 rings (SSSR count). The van der Waals surface area contributed by atoms with Gasteiger partial charge in [0, 0.05) is 48.2 Å². The Balaban J connectivity index is 1.28. The summed E-state index contributed by atoms with van der Waals surface area (Å²) in [6, 6.07) is 25.9. The second-order valence-electron chi connectivity index (χ2n) is 18.7. The molecule has 0 bridgehead atoms. The molecule has 23 nitrogen and oxygen atoms in total. The minimum absolute atomic E-state index is 0.0390. The number of azo groups is 4. The van der Waals surface area contributed by atoms with Crippen molar-refractivity contribution in [2.24, 2.45) is 40.9 Å². The maximum absolute atomic E-state index is 14.2. The molecule has 0 atom stereocenters. The summed E-state index contributed by atoms with van der Waals surface area (Å²) < 4.78 is 128. The van der Waals surface area contributed by atoms with Gasteiger partial charge in [0.1, 0.15) is 56.5 Å². The Hall–Kier alpha value is -7.88. The molecule has 0 aromatic heterocycles. The number of nitrogens with zero attached hydrogens (tertiary/aromatic N) is 8. The maximum atomic E-state index is 14.2. The molecule has 0 aliphatic rings. The van der Waals surface area contributed by atoms with Gasteiger partial charge in [-0.3, -0.25) is 18.5 Å². The summed E-state index contributed by atoms with van der Waals surface area (Å²) in [5.74, 6) is 0.451. The van der Waals surface area contributed by atoms with Gasteiger partial charge in [-0.1, -0.05) is 26.0 Å². The minimum Gasteiger partial charge on any atom is -0.497 e.